The number of fused-ring (bicyclic) bond motifs is 11. The second kappa shape index (κ2) is 19.9. The first-order valence-electron chi connectivity index (χ1n) is 30.8. The van der Waals surface area contributed by atoms with E-state index in [4.69, 9.17) is 0 Å². The van der Waals surface area contributed by atoms with Crippen LogP contribution >= 0.6 is 0 Å². The molecule has 0 spiro atoms. The Labute approximate surface area is 525 Å². The summed E-state index contributed by atoms with van der Waals surface area (Å²) in [5.74, 6) is 0. The molecule has 13 aromatic carbocycles. The SMILES string of the molecule is c1ccc(-c2ccc(N3c4ccc(-c5ccccc5)cc4B4c5ccc6c7c5N(c5cccc3c54)c3c(-c4ccccc4)[se]c(-c4ccccc4)c3N7c3cccc4c3B6c3ccc(-c5ccccc5)cc3N4c3ccc(-c4ccccc4)cc3)cc2)cc1. The van der Waals surface area contributed by atoms with Crippen LogP contribution in [0.5, 0.6) is 0 Å². The number of rotatable bonds is 8. The molecule has 0 bridgehead atoms. The predicted octanol–water partition coefficient (Wildman–Crippen LogP) is 17.2. The Morgan fingerprint density at radius 2 is 0.528 bits per heavy atom. The van der Waals surface area contributed by atoms with Crippen LogP contribution in [0.15, 0.2) is 315 Å². The first-order valence-corrected chi connectivity index (χ1v) is 32.5. The smallest absolute Gasteiger partial charge is 0.0544 e. The Bertz CT molecular complexity index is 5140. The standard InChI is InChI=1S/C82H52B2N4Se/c1-7-21-53(22-8-1)57-37-43-63(44-38-57)85-69-50-42-61(55-25-11-3-12-26-55)51-68(69)84-67-49-48-66-77-78(67)88(73-36-19-33-70(85)76(73)84)80-79(81(59-29-15-5-16-30-59)89-82(80)60-31-17-6-18-32-60)87(77)72-35-20-34-71-75(72)83(66)65-47-41-62(56-27-13-4-14-28-56)52-74(65)86(71)64-45-39-58(40-46-64)54-23-9-2-10-24-54/h1-52H. The van der Waals surface area contributed by atoms with E-state index < -0.39 is 0 Å². The maximum atomic E-state index is 2.76. The molecule has 412 valence electrons. The Morgan fingerprint density at radius 1 is 0.202 bits per heavy atom. The topological polar surface area (TPSA) is 13.0 Å². The summed E-state index contributed by atoms with van der Waals surface area (Å²) in [5.41, 5.74) is 34.6. The zero-order chi connectivity index (χ0) is 58.3. The molecule has 89 heavy (non-hydrogen) atoms. The average Bonchev–Trinajstić information content (AvgIpc) is 1.65. The fraction of sp³-hybridized carbons (Fsp3) is 0. The van der Waals surface area contributed by atoms with E-state index in [2.05, 4.69) is 335 Å². The summed E-state index contributed by atoms with van der Waals surface area (Å²) in [6, 6.07) is 118. The molecule has 0 aliphatic carbocycles. The fourth-order valence-electron chi connectivity index (χ4n) is 15.3. The number of hydrogen-bond donors (Lipinski definition) is 0. The summed E-state index contributed by atoms with van der Waals surface area (Å²) in [6.07, 6.45) is 0. The molecule has 0 atom stereocenters. The second-order valence-corrected chi connectivity index (χ2v) is 26.0. The molecule has 1 aromatic heterocycles. The van der Waals surface area contributed by atoms with E-state index in [0.717, 1.165) is 11.4 Å². The summed E-state index contributed by atoms with van der Waals surface area (Å²) >= 11 is -0.107. The van der Waals surface area contributed by atoms with Crippen molar-refractivity contribution in [1.29, 1.82) is 0 Å². The van der Waals surface area contributed by atoms with E-state index >= 15 is 0 Å². The Hall–Kier alpha value is -10.8. The third kappa shape index (κ3) is 7.56. The van der Waals surface area contributed by atoms with Crippen molar-refractivity contribution >= 4 is 129 Å². The summed E-state index contributed by atoms with van der Waals surface area (Å²) < 4.78 is 2.76. The largest absolute Gasteiger partial charge is 0.0617 e. The molecule has 7 heteroatoms. The van der Waals surface area contributed by atoms with Crippen LogP contribution in [-0.2, 0) is 0 Å². The Morgan fingerprint density at radius 3 is 0.966 bits per heavy atom. The van der Waals surface area contributed by atoms with Gasteiger partial charge < -0.3 is 0 Å². The molecule has 5 aliphatic heterocycles. The van der Waals surface area contributed by atoms with Crippen LogP contribution in [0.4, 0.5) is 68.2 Å². The van der Waals surface area contributed by atoms with Crippen LogP contribution in [0, 0.1) is 0 Å². The van der Waals surface area contributed by atoms with Gasteiger partial charge in [-0.3, -0.25) is 0 Å². The first kappa shape index (κ1) is 50.4. The minimum Gasteiger partial charge on any atom is -0.0617 e. The van der Waals surface area contributed by atoms with Gasteiger partial charge in [-0.25, -0.2) is 0 Å². The van der Waals surface area contributed by atoms with Crippen LogP contribution in [0.2, 0.25) is 0 Å². The normalized spacial score (nSPS) is 13.3. The third-order valence-corrected chi connectivity index (χ3v) is 21.8. The third-order valence-electron chi connectivity index (χ3n) is 19.2. The van der Waals surface area contributed by atoms with Gasteiger partial charge in [0.25, 0.3) is 0 Å². The summed E-state index contributed by atoms with van der Waals surface area (Å²) in [6.45, 7) is -0.185. The molecule has 0 unspecified atom stereocenters. The molecule has 0 saturated heterocycles. The maximum Gasteiger partial charge on any atom is -0.0544 e. The van der Waals surface area contributed by atoms with Crippen LogP contribution < -0.4 is 52.4 Å². The van der Waals surface area contributed by atoms with Crippen molar-refractivity contribution < 1.29 is 0 Å². The molecule has 0 fully saturated rings. The summed E-state index contributed by atoms with van der Waals surface area (Å²) in [5, 5.41) is 0. The zero-order valence-corrected chi connectivity index (χ0v) is 50.1. The molecule has 0 radical (unpaired) electrons. The minimum atomic E-state index is -0.107. The van der Waals surface area contributed by atoms with Gasteiger partial charge in [-0.2, -0.15) is 0 Å². The monoisotopic (exact) mass is 1190 g/mol. The van der Waals surface area contributed by atoms with E-state index in [9.17, 15) is 0 Å². The van der Waals surface area contributed by atoms with E-state index in [1.165, 1.54) is 154 Å². The van der Waals surface area contributed by atoms with Crippen LogP contribution in [-0.4, -0.2) is 27.9 Å². The fourth-order valence-corrected chi connectivity index (χ4v) is 18.0. The molecule has 4 nitrogen and oxygen atoms in total. The van der Waals surface area contributed by atoms with E-state index in [-0.39, 0.29) is 27.9 Å². The van der Waals surface area contributed by atoms with Crippen molar-refractivity contribution in [1.82, 2.24) is 0 Å². The summed E-state index contributed by atoms with van der Waals surface area (Å²) in [4.78, 5) is 10.6. The number of benzene rings is 13. The maximum absolute atomic E-state index is 2.76. The van der Waals surface area contributed by atoms with Gasteiger partial charge in [0.2, 0.25) is 0 Å². The number of nitrogens with zero attached hydrogens (tertiary/aromatic N) is 4. The van der Waals surface area contributed by atoms with E-state index in [0.29, 0.717) is 0 Å². The molecule has 19 rings (SSSR count). The van der Waals surface area contributed by atoms with E-state index in [1.807, 2.05) is 0 Å². The molecule has 6 heterocycles. The van der Waals surface area contributed by atoms with Gasteiger partial charge in [0.1, 0.15) is 0 Å². The molecular formula is C82H52B2N4Se. The van der Waals surface area contributed by atoms with Gasteiger partial charge in [0.15, 0.2) is 0 Å². The molecule has 0 N–H and O–H groups in total. The summed E-state index contributed by atoms with van der Waals surface area (Å²) in [7, 11) is 0. The first-order chi connectivity index (χ1) is 44.2. The van der Waals surface area contributed by atoms with Crippen molar-refractivity contribution in [2.24, 2.45) is 0 Å². The van der Waals surface area contributed by atoms with Crippen molar-refractivity contribution in [2.75, 3.05) is 19.6 Å². The molecular weight excluding hydrogens is 1140 g/mol. The van der Waals surface area contributed by atoms with Gasteiger partial charge in [0.05, 0.1) is 0 Å². The van der Waals surface area contributed by atoms with Crippen LogP contribution in [0.1, 0.15) is 0 Å². The minimum absolute atomic E-state index is 0.0866. The number of anilines is 12. The van der Waals surface area contributed by atoms with Gasteiger partial charge >= 0.3 is 444 Å². The van der Waals surface area contributed by atoms with E-state index in [1.54, 1.807) is 0 Å². The molecule has 14 aromatic rings. The van der Waals surface area contributed by atoms with Gasteiger partial charge in [-0.05, 0) is 0 Å². The second-order valence-electron chi connectivity index (χ2n) is 23.9. The van der Waals surface area contributed by atoms with Crippen molar-refractivity contribution in [2.45, 2.75) is 0 Å². The number of hydrogen-bond acceptors (Lipinski definition) is 4. The van der Waals surface area contributed by atoms with Gasteiger partial charge in [-0.1, -0.05) is 84.9 Å². The molecule has 0 amide bonds. The van der Waals surface area contributed by atoms with Crippen LogP contribution in [0.3, 0.4) is 0 Å². The predicted molar refractivity (Wildman–Crippen MR) is 378 cm³/mol. The van der Waals surface area contributed by atoms with Gasteiger partial charge in [0, 0.05) is 0 Å². The average molecular weight is 1190 g/mol. The Kier molecular flexibility index (Phi) is 11.2. The quantitative estimate of drug-likeness (QED) is 0.141. The zero-order valence-electron chi connectivity index (χ0n) is 48.4. The molecule has 5 aliphatic rings. The molecule has 0 saturated carbocycles. The van der Waals surface area contributed by atoms with Gasteiger partial charge in [-0.15, -0.1) is 0 Å². The van der Waals surface area contributed by atoms with Crippen molar-refractivity contribution in [3.8, 4) is 64.5 Å². The van der Waals surface area contributed by atoms with Crippen LogP contribution in [0.25, 0.3) is 64.5 Å². The Balaban J connectivity index is 0.905. The van der Waals surface area contributed by atoms with Crippen molar-refractivity contribution in [3.05, 3.63) is 315 Å². The van der Waals surface area contributed by atoms with Crippen molar-refractivity contribution in [3.63, 3.8) is 0 Å².